The van der Waals surface area contributed by atoms with Crippen molar-refractivity contribution in [3.05, 3.63) is 23.3 Å². The van der Waals surface area contributed by atoms with Gasteiger partial charge in [-0.2, -0.15) is 0 Å². The van der Waals surface area contributed by atoms with Gasteiger partial charge in [0.25, 0.3) is 0 Å². The lowest BCUT2D eigenvalue weighted by Gasteiger charge is -2.01. The van der Waals surface area contributed by atoms with Crippen molar-refractivity contribution < 1.29 is 19.8 Å². The summed E-state index contributed by atoms with van der Waals surface area (Å²) >= 11 is 0. The van der Waals surface area contributed by atoms with Crippen LogP contribution in [0.4, 0.5) is 0 Å². The van der Waals surface area contributed by atoms with E-state index in [9.17, 15) is 9.59 Å². The lowest BCUT2D eigenvalue weighted by atomic mass is 10.1. The van der Waals surface area contributed by atoms with Gasteiger partial charge in [0.05, 0.1) is 0 Å². The molecule has 0 atom stereocenters. The Morgan fingerprint density at radius 1 is 1.00 bits per heavy atom. The Morgan fingerprint density at radius 3 is 1.90 bits per heavy atom. The topological polar surface area (TPSA) is 74.6 Å². The summed E-state index contributed by atoms with van der Waals surface area (Å²) in [5, 5.41) is 16.9. The van der Waals surface area contributed by atoms with E-state index in [-0.39, 0.29) is 0 Å². The first-order valence-corrected chi connectivity index (χ1v) is 7.19. The predicted octanol–water partition coefficient (Wildman–Crippen LogP) is 4.42. The van der Waals surface area contributed by atoms with Gasteiger partial charge in [-0.05, 0) is 33.1 Å². The fraction of sp³-hybridized carbons (Fsp3) is 0.625. The first-order valence-electron chi connectivity index (χ1n) is 7.19. The highest BCUT2D eigenvalue weighted by molar-refractivity contribution is 5.86. The second-order valence-electron chi connectivity index (χ2n) is 4.53. The van der Waals surface area contributed by atoms with Gasteiger partial charge in [0.1, 0.15) is 0 Å². The smallest absolute Gasteiger partial charge is 0.331 e. The van der Waals surface area contributed by atoms with Crippen molar-refractivity contribution in [3.63, 3.8) is 0 Å². The van der Waals surface area contributed by atoms with Crippen LogP contribution in [0, 0.1) is 0 Å². The number of carbonyl (C=O) groups is 2. The summed E-state index contributed by atoms with van der Waals surface area (Å²) in [4.78, 5) is 20.5. The second kappa shape index (κ2) is 13.8. The zero-order valence-electron chi connectivity index (χ0n) is 13.1. The fourth-order valence-electron chi connectivity index (χ4n) is 1.41. The molecule has 0 aromatic heterocycles. The predicted molar refractivity (Wildman–Crippen MR) is 81.8 cm³/mol. The molecule has 0 aliphatic heterocycles. The largest absolute Gasteiger partial charge is 0.478 e. The number of rotatable bonds is 8. The van der Waals surface area contributed by atoms with Crippen LogP contribution in [0.25, 0.3) is 0 Å². The van der Waals surface area contributed by atoms with Crippen LogP contribution in [0.3, 0.4) is 0 Å². The van der Waals surface area contributed by atoms with Crippen LogP contribution < -0.4 is 0 Å². The highest BCUT2D eigenvalue weighted by Crippen LogP contribution is 2.10. The molecule has 0 saturated heterocycles. The summed E-state index contributed by atoms with van der Waals surface area (Å²) in [5.41, 5.74) is 0.971. The van der Waals surface area contributed by atoms with E-state index >= 15 is 0 Å². The van der Waals surface area contributed by atoms with E-state index in [0.29, 0.717) is 11.1 Å². The van der Waals surface area contributed by atoms with Gasteiger partial charge in [-0.1, -0.05) is 45.3 Å². The number of carboxylic acid groups (broad SMARTS) is 2. The molecule has 0 fully saturated rings. The Hall–Kier alpha value is -1.58. The third kappa shape index (κ3) is 12.9. The minimum atomic E-state index is -0.845. The summed E-state index contributed by atoms with van der Waals surface area (Å²) in [5.74, 6) is -1.60. The molecule has 116 valence electrons. The Morgan fingerprint density at radius 2 is 1.60 bits per heavy atom. The molecular weight excluding hydrogens is 256 g/mol. The van der Waals surface area contributed by atoms with Gasteiger partial charge in [-0.25, -0.2) is 9.59 Å². The molecule has 20 heavy (non-hydrogen) atoms. The molecule has 0 aromatic rings. The Balaban J connectivity index is 0. The van der Waals surface area contributed by atoms with E-state index in [4.69, 9.17) is 10.2 Å². The van der Waals surface area contributed by atoms with Crippen LogP contribution in [-0.2, 0) is 9.59 Å². The summed E-state index contributed by atoms with van der Waals surface area (Å²) in [7, 11) is 0. The van der Waals surface area contributed by atoms with Crippen molar-refractivity contribution >= 4 is 11.9 Å². The maximum absolute atomic E-state index is 10.7. The lowest BCUT2D eigenvalue weighted by molar-refractivity contribution is -0.133. The normalized spacial score (nSPS) is 11.6. The van der Waals surface area contributed by atoms with E-state index in [1.165, 1.54) is 12.8 Å². The molecule has 4 nitrogen and oxygen atoms in total. The summed E-state index contributed by atoms with van der Waals surface area (Å²) in [6.45, 7) is 7.38. The van der Waals surface area contributed by atoms with E-state index in [0.717, 1.165) is 25.7 Å². The highest BCUT2D eigenvalue weighted by Gasteiger charge is 2.04. The van der Waals surface area contributed by atoms with Crippen molar-refractivity contribution in [2.75, 3.05) is 0 Å². The molecule has 4 heteroatoms. The molecule has 0 saturated carbocycles. The molecule has 2 N–H and O–H groups in total. The van der Waals surface area contributed by atoms with Gasteiger partial charge in [-0.3, -0.25) is 0 Å². The number of unbranched alkanes of at least 4 members (excludes halogenated alkanes) is 3. The minimum absolute atomic E-state index is 0.389. The molecular formula is C16H28O4. The van der Waals surface area contributed by atoms with E-state index in [1.54, 1.807) is 19.9 Å². The summed E-state index contributed by atoms with van der Waals surface area (Å²) in [6.07, 6.45) is 9.46. The number of carboxylic acids is 2. The molecule has 0 unspecified atom stereocenters. The molecule has 0 heterocycles. The first-order chi connectivity index (χ1) is 9.40. The molecule has 0 aliphatic carbocycles. The van der Waals surface area contributed by atoms with E-state index in [1.807, 2.05) is 13.0 Å². The van der Waals surface area contributed by atoms with Crippen LogP contribution in [0.2, 0.25) is 0 Å². The van der Waals surface area contributed by atoms with E-state index < -0.39 is 11.9 Å². The third-order valence-corrected chi connectivity index (χ3v) is 2.80. The minimum Gasteiger partial charge on any atom is -0.478 e. The van der Waals surface area contributed by atoms with Gasteiger partial charge in [0.2, 0.25) is 0 Å². The van der Waals surface area contributed by atoms with Crippen molar-refractivity contribution in [3.8, 4) is 0 Å². The van der Waals surface area contributed by atoms with Crippen molar-refractivity contribution in [2.45, 2.75) is 66.2 Å². The van der Waals surface area contributed by atoms with Crippen molar-refractivity contribution in [1.82, 2.24) is 0 Å². The molecule has 0 bridgehead atoms. The Bertz CT molecular complexity index is 340. The fourth-order valence-corrected chi connectivity index (χ4v) is 1.41. The number of hydrogen-bond acceptors (Lipinski definition) is 2. The number of hydrogen-bond donors (Lipinski definition) is 2. The monoisotopic (exact) mass is 284 g/mol. The summed E-state index contributed by atoms with van der Waals surface area (Å²) in [6, 6.07) is 0. The van der Waals surface area contributed by atoms with Crippen LogP contribution in [0.5, 0.6) is 0 Å². The summed E-state index contributed by atoms with van der Waals surface area (Å²) < 4.78 is 0. The standard InChI is InChI=1S/C11H20O2.C5H8O2/c1-3-5-6-7-9-10(8-4-2)11(12)13;1-3-4(2)5(6)7/h8H,3-7,9H2,1-2H3,(H,12,13);3H,1-2H3,(H,6,7). The van der Waals surface area contributed by atoms with Crippen molar-refractivity contribution in [1.29, 1.82) is 0 Å². The lowest BCUT2D eigenvalue weighted by Crippen LogP contribution is -2.00. The quantitative estimate of drug-likeness (QED) is 0.511. The van der Waals surface area contributed by atoms with Gasteiger partial charge in [-0.15, -0.1) is 0 Å². The average Bonchev–Trinajstić information content (AvgIpc) is 2.41. The number of aliphatic carboxylic acids is 2. The van der Waals surface area contributed by atoms with Crippen molar-refractivity contribution in [2.24, 2.45) is 0 Å². The molecule has 0 aromatic carbocycles. The highest BCUT2D eigenvalue weighted by atomic mass is 16.4. The van der Waals surface area contributed by atoms with Crippen LogP contribution in [0.15, 0.2) is 23.3 Å². The molecule has 0 amide bonds. The van der Waals surface area contributed by atoms with Crippen LogP contribution in [0.1, 0.15) is 66.2 Å². The zero-order valence-corrected chi connectivity index (χ0v) is 13.1. The van der Waals surface area contributed by atoms with Gasteiger partial charge in [0.15, 0.2) is 0 Å². The average molecular weight is 284 g/mol. The molecule has 0 rings (SSSR count). The van der Waals surface area contributed by atoms with Gasteiger partial charge < -0.3 is 10.2 Å². The van der Waals surface area contributed by atoms with Gasteiger partial charge in [0, 0.05) is 11.1 Å². The SMILES string of the molecule is CC=C(C)C(=O)O.CCC=C(CCCCCC)C(=O)O. The molecule has 0 radical (unpaired) electrons. The van der Waals surface area contributed by atoms with Crippen LogP contribution in [-0.4, -0.2) is 22.2 Å². The number of allylic oxidation sites excluding steroid dienone is 2. The third-order valence-electron chi connectivity index (χ3n) is 2.80. The second-order valence-corrected chi connectivity index (χ2v) is 4.53. The van der Waals surface area contributed by atoms with Gasteiger partial charge >= 0.3 is 11.9 Å². The zero-order chi connectivity index (χ0) is 16.0. The maximum Gasteiger partial charge on any atom is 0.331 e. The first kappa shape index (κ1) is 20.7. The maximum atomic E-state index is 10.7. The Labute approximate surface area is 122 Å². The Kier molecular flexibility index (Phi) is 14.3. The molecule has 0 spiro atoms. The van der Waals surface area contributed by atoms with Crippen LogP contribution >= 0.6 is 0 Å². The van der Waals surface area contributed by atoms with E-state index in [2.05, 4.69) is 6.92 Å². The molecule has 0 aliphatic rings.